The highest BCUT2D eigenvalue weighted by atomic mass is 19.4. The Morgan fingerprint density at radius 1 is 1.35 bits per heavy atom. The zero-order valence-electron chi connectivity index (χ0n) is 10.9. The molecule has 1 fully saturated rings. The number of rotatable bonds is 3. The van der Waals surface area contributed by atoms with Crippen LogP contribution in [0.3, 0.4) is 0 Å². The molecule has 6 heteroatoms. The number of carbonyl (C=O) groups is 1. The molecule has 1 heterocycles. The second-order valence-electron chi connectivity index (χ2n) is 5.20. The molecular formula is C14H16F3NO2. The van der Waals surface area contributed by atoms with Crippen molar-refractivity contribution in [3.63, 3.8) is 0 Å². The minimum Gasteiger partial charge on any atom is -0.481 e. The number of hydrogen-bond acceptors (Lipinski definition) is 2. The fourth-order valence-electron chi connectivity index (χ4n) is 2.50. The molecule has 0 amide bonds. The van der Waals surface area contributed by atoms with E-state index in [2.05, 4.69) is 5.32 Å². The van der Waals surface area contributed by atoms with Crippen molar-refractivity contribution in [2.75, 3.05) is 6.54 Å². The van der Waals surface area contributed by atoms with Gasteiger partial charge in [-0.15, -0.1) is 0 Å². The molecule has 0 radical (unpaired) electrons. The Morgan fingerprint density at radius 2 is 1.95 bits per heavy atom. The highest BCUT2D eigenvalue weighted by Crippen LogP contribution is 2.34. The van der Waals surface area contributed by atoms with Crippen molar-refractivity contribution < 1.29 is 23.1 Å². The smallest absolute Gasteiger partial charge is 0.416 e. The van der Waals surface area contributed by atoms with Crippen molar-refractivity contribution in [3.05, 3.63) is 35.4 Å². The van der Waals surface area contributed by atoms with Crippen LogP contribution in [0.4, 0.5) is 13.2 Å². The van der Waals surface area contributed by atoms with Gasteiger partial charge in [-0.25, -0.2) is 0 Å². The van der Waals surface area contributed by atoms with Crippen molar-refractivity contribution in [2.24, 2.45) is 11.8 Å². The molecule has 3 nitrogen and oxygen atoms in total. The van der Waals surface area contributed by atoms with Gasteiger partial charge in [-0.1, -0.05) is 19.1 Å². The topological polar surface area (TPSA) is 49.3 Å². The van der Waals surface area contributed by atoms with Crippen LogP contribution in [0, 0.1) is 11.8 Å². The Bertz CT molecular complexity index is 484. The first-order chi connectivity index (χ1) is 9.29. The number of aliphatic carboxylic acids is 1. The predicted octanol–water partition coefficient (Wildman–Crippen LogP) is 3.08. The number of nitrogens with one attached hydrogen (secondary N) is 1. The van der Waals surface area contributed by atoms with Crippen LogP contribution >= 0.6 is 0 Å². The minimum absolute atomic E-state index is 0.000192. The lowest BCUT2D eigenvalue weighted by molar-refractivity contribution is -0.142. The number of alkyl halides is 3. The quantitative estimate of drug-likeness (QED) is 0.898. The highest BCUT2D eigenvalue weighted by Gasteiger charge is 2.33. The largest absolute Gasteiger partial charge is 0.481 e. The van der Waals surface area contributed by atoms with E-state index in [0.717, 1.165) is 17.7 Å². The van der Waals surface area contributed by atoms with E-state index in [1.807, 2.05) is 0 Å². The standard InChI is InChI=1S/C14H16F3NO2/c1-8(13(19)20)10-6-12(18-7-10)9-2-4-11(5-3-9)14(15,16)17/h2-5,8,10,12,18H,6-7H2,1H3,(H,19,20)/t8?,10-,12+/m1/s1. The number of carboxylic acids is 1. The Labute approximate surface area is 114 Å². The van der Waals surface area contributed by atoms with Crippen LogP contribution in [0.5, 0.6) is 0 Å². The van der Waals surface area contributed by atoms with Gasteiger partial charge in [-0.2, -0.15) is 13.2 Å². The van der Waals surface area contributed by atoms with Crippen molar-refractivity contribution >= 4 is 5.97 Å². The normalized spacial score (nSPS) is 24.6. The number of halogens is 3. The van der Waals surface area contributed by atoms with Gasteiger partial charge in [0.2, 0.25) is 0 Å². The van der Waals surface area contributed by atoms with Crippen LogP contribution in [0.25, 0.3) is 0 Å². The molecule has 2 rings (SSSR count). The molecule has 1 aliphatic heterocycles. The third-order valence-electron chi connectivity index (χ3n) is 3.90. The number of benzene rings is 1. The maximum Gasteiger partial charge on any atom is 0.416 e. The van der Waals surface area contributed by atoms with Crippen LogP contribution in [0.1, 0.15) is 30.5 Å². The zero-order valence-corrected chi connectivity index (χ0v) is 10.9. The first-order valence-electron chi connectivity index (χ1n) is 6.42. The lowest BCUT2D eigenvalue weighted by atomic mass is 9.90. The van der Waals surface area contributed by atoms with E-state index >= 15 is 0 Å². The third kappa shape index (κ3) is 3.12. The first kappa shape index (κ1) is 14.8. The summed E-state index contributed by atoms with van der Waals surface area (Å²) in [7, 11) is 0. The van der Waals surface area contributed by atoms with Gasteiger partial charge in [0.25, 0.3) is 0 Å². The molecule has 0 saturated carbocycles. The van der Waals surface area contributed by atoms with Crippen LogP contribution in [-0.4, -0.2) is 17.6 Å². The van der Waals surface area contributed by atoms with Gasteiger partial charge in [-0.05, 0) is 36.6 Å². The van der Waals surface area contributed by atoms with Gasteiger partial charge >= 0.3 is 12.1 Å². The van der Waals surface area contributed by atoms with E-state index in [9.17, 15) is 18.0 Å². The Kier molecular flexibility index (Phi) is 4.04. The van der Waals surface area contributed by atoms with E-state index < -0.39 is 23.6 Å². The lowest BCUT2D eigenvalue weighted by Gasteiger charge is -2.15. The van der Waals surface area contributed by atoms with E-state index in [0.29, 0.717) is 13.0 Å². The van der Waals surface area contributed by atoms with Gasteiger partial charge in [0.05, 0.1) is 11.5 Å². The molecule has 1 aromatic carbocycles. The van der Waals surface area contributed by atoms with Crippen molar-refractivity contribution in [2.45, 2.75) is 25.6 Å². The molecule has 0 aromatic heterocycles. The monoisotopic (exact) mass is 287 g/mol. The summed E-state index contributed by atoms with van der Waals surface area (Å²) in [6.07, 6.45) is -3.71. The number of hydrogen-bond donors (Lipinski definition) is 2. The molecule has 110 valence electrons. The van der Waals surface area contributed by atoms with Crippen molar-refractivity contribution in [3.8, 4) is 0 Å². The van der Waals surface area contributed by atoms with Crippen molar-refractivity contribution in [1.29, 1.82) is 0 Å². The molecule has 1 aromatic rings. The second kappa shape index (κ2) is 5.44. The van der Waals surface area contributed by atoms with Crippen molar-refractivity contribution in [1.82, 2.24) is 5.32 Å². The maximum atomic E-state index is 12.5. The average Bonchev–Trinajstić information content (AvgIpc) is 2.86. The van der Waals surface area contributed by atoms with E-state index in [1.54, 1.807) is 6.92 Å². The van der Waals surface area contributed by atoms with Gasteiger partial charge in [0, 0.05) is 6.04 Å². The Hall–Kier alpha value is -1.56. The lowest BCUT2D eigenvalue weighted by Crippen LogP contribution is -2.22. The minimum atomic E-state index is -4.33. The van der Waals surface area contributed by atoms with E-state index in [1.165, 1.54) is 12.1 Å². The fraction of sp³-hybridized carbons (Fsp3) is 0.500. The molecule has 1 saturated heterocycles. The predicted molar refractivity (Wildman–Crippen MR) is 67.1 cm³/mol. The summed E-state index contributed by atoms with van der Waals surface area (Å²) < 4.78 is 37.4. The van der Waals surface area contributed by atoms with Gasteiger partial charge in [0.15, 0.2) is 0 Å². The molecule has 1 unspecified atom stereocenters. The van der Waals surface area contributed by atoms with Gasteiger partial charge in [0.1, 0.15) is 0 Å². The molecule has 20 heavy (non-hydrogen) atoms. The van der Waals surface area contributed by atoms with Crippen LogP contribution in [0.2, 0.25) is 0 Å². The highest BCUT2D eigenvalue weighted by molar-refractivity contribution is 5.70. The summed E-state index contributed by atoms with van der Waals surface area (Å²) in [5.74, 6) is -1.30. The summed E-state index contributed by atoms with van der Waals surface area (Å²) in [6.45, 7) is 2.23. The summed E-state index contributed by atoms with van der Waals surface area (Å²) in [5, 5.41) is 12.1. The SMILES string of the molecule is CC(C(=O)O)[C@H]1CN[C@H](c2ccc(C(F)(F)F)cc2)C1. The summed E-state index contributed by atoms with van der Waals surface area (Å²) in [6, 6.07) is 4.95. The van der Waals surface area contributed by atoms with Gasteiger partial charge in [-0.3, -0.25) is 4.79 Å². The summed E-state index contributed by atoms with van der Waals surface area (Å²) in [5.41, 5.74) is 0.0905. The van der Waals surface area contributed by atoms with Crippen LogP contribution < -0.4 is 5.32 Å². The number of carboxylic acid groups (broad SMARTS) is 1. The second-order valence-corrected chi connectivity index (χ2v) is 5.20. The maximum absolute atomic E-state index is 12.5. The molecule has 0 spiro atoms. The molecule has 0 bridgehead atoms. The third-order valence-corrected chi connectivity index (χ3v) is 3.90. The average molecular weight is 287 g/mol. The molecule has 2 N–H and O–H groups in total. The Balaban J connectivity index is 2.05. The zero-order chi connectivity index (χ0) is 14.9. The van der Waals surface area contributed by atoms with E-state index in [-0.39, 0.29) is 12.0 Å². The van der Waals surface area contributed by atoms with Crippen LogP contribution in [0.15, 0.2) is 24.3 Å². The Morgan fingerprint density at radius 3 is 2.45 bits per heavy atom. The molecule has 1 aliphatic rings. The molecule has 0 aliphatic carbocycles. The summed E-state index contributed by atoms with van der Waals surface area (Å²) >= 11 is 0. The molecular weight excluding hydrogens is 271 g/mol. The van der Waals surface area contributed by atoms with Crippen LogP contribution in [-0.2, 0) is 11.0 Å². The van der Waals surface area contributed by atoms with E-state index in [4.69, 9.17) is 5.11 Å². The van der Waals surface area contributed by atoms with Gasteiger partial charge < -0.3 is 10.4 Å². The fourth-order valence-corrected chi connectivity index (χ4v) is 2.50. The summed E-state index contributed by atoms with van der Waals surface area (Å²) in [4.78, 5) is 10.9. The molecule has 3 atom stereocenters. The first-order valence-corrected chi connectivity index (χ1v) is 6.42.